The van der Waals surface area contributed by atoms with Crippen molar-refractivity contribution in [3.05, 3.63) is 72.7 Å². The van der Waals surface area contributed by atoms with Gasteiger partial charge in [0.2, 0.25) is 11.8 Å². The molecule has 0 saturated carbocycles. The van der Waals surface area contributed by atoms with Crippen LogP contribution in [-0.2, 0) is 0 Å². The third-order valence-corrected chi connectivity index (χ3v) is 3.54. The largest absolute Gasteiger partial charge is 0.424 e. The minimum atomic E-state index is -0.770. The van der Waals surface area contributed by atoms with Gasteiger partial charge in [0.15, 0.2) is 0 Å². The Labute approximate surface area is 128 Å². The number of nitrogens with zero attached hydrogens (tertiary/aromatic N) is 1. The van der Waals surface area contributed by atoms with E-state index in [1.54, 1.807) is 24.3 Å². The Balaban J connectivity index is 2.34. The average molecular weight is 317 g/mol. The molecule has 1 atom stereocenters. The maximum atomic E-state index is 12.2. The van der Waals surface area contributed by atoms with Crippen LogP contribution in [-0.4, -0.2) is 9.97 Å². The maximum Gasteiger partial charge on any atom is 0.328 e. The molecule has 0 bridgehead atoms. The van der Waals surface area contributed by atoms with Gasteiger partial charge in [0, 0.05) is 5.02 Å². The van der Waals surface area contributed by atoms with Crippen LogP contribution in [0.3, 0.4) is 0 Å². The quantitative estimate of drug-likeness (QED) is 0.722. The Morgan fingerprint density at radius 2 is 2.09 bits per heavy atom. The van der Waals surface area contributed by atoms with Gasteiger partial charge in [-0.25, -0.2) is 4.79 Å². The number of allylic oxidation sites excluding steroid dienone is 1. The monoisotopic (exact) mass is 316 g/mol. The molecule has 0 spiro atoms. The molecule has 1 aliphatic rings. The summed E-state index contributed by atoms with van der Waals surface area (Å²) in [4.78, 5) is 28.0. The van der Waals surface area contributed by atoms with Gasteiger partial charge in [-0.2, -0.15) is 5.26 Å². The smallest absolute Gasteiger partial charge is 0.328 e. The summed E-state index contributed by atoms with van der Waals surface area (Å²) in [7, 11) is 0. The van der Waals surface area contributed by atoms with E-state index < -0.39 is 17.2 Å². The molecule has 0 unspecified atom stereocenters. The van der Waals surface area contributed by atoms with Crippen molar-refractivity contribution in [2.45, 2.75) is 5.92 Å². The highest BCUT2D eigenvalue weighted by molar-refractivity contribution is 6.30. The van der Waals surface area contributed by atoms with E-state index in [-0.39, 0.29) is 22.9 Å². The third-order valence-electron chi connectivity index (χ3n) is 3.30. The van der Waals surface area contributed by atoms with E-state index in [1.807, 2.05) is 6.07 Å². The zero-order valence-electron chi connectivity index (χ0n) is 11.0. The van der Waals surface area contributed by atoms with Crippen LogP contribution in [0.1, 0.15) is 17.0 Å². The maximum absolute atomic E-state index is 12.2. The van der Waals surface area contributed by atoms with Gasteiger partial charge in [0.25, 0.3) is 5.56 Å². The molecular weight excluding hydrogens is 308 g/mol. The lowest BCUT2D eigenvalue weighted by Crippen LogP contribution is -2.33. The first kappa shape index (κ1) is 14.0. The van der Waals surface area contributed by atoms with Crippen molar-refractivity contribution in [2.75, 3.05) is 0 Å². The number of aromatic nitrogens is 2. The van der Waals surface area contributed by atoms with Crippen LogP contribution >= 0.6 is 11.6 Å². The highest BCUT2D eigenvalue weighted by Crippen LogP contribution is 2.38. The fraction of sp³-hybridized carbons (Fsp3) is 0.0714. The number of H-pyrrole nitrogens is 2. The number of hydrogen-bond donors (Lipinski definition) is 3. The lowest BCUT2D eigenvalue weighted by molar-refractivity contribution is 0.373. The second kappa shape index (κ2) is 5.09. The predicted molar refractivity (Wildman–Crippen MR) is 78.4 cm³/mol. The number of aromatic amines is 2. The van der Waals surface area contributed by atoms with Gasteiger partial charge in [-0.3, -0.25) is 14.8 Å². The first-order valence-electron chi connectivity index (χ1n) is 6.21. The zero-order valence-corrected chi connectivity index (χ0v) is 11.8. The summed E-state index contributed by atoms with van der Waals surface area (Å²) >= 11 is 5.98. The van der Waals surface area contributed by atoms with Crippen LogP contribution in [0.15, 0.2) is 45.3 Å². The van der Waals surface area contributed by atoms with Crippen LogP contribution in [0.4, 0.5) is 0 Å². The summed E-state index contributed by atoms with van der Waals surface area (Å²) in [5, 5.41) is 9.80. The minimum Gasteiger partial charge on any atom is -0.424 e. The number of nitriles is 1. The van der Waals surface area contributed by atoms with Crippen molar-refractivity contribution < 1.29 is 4.74 Å². The van der Waals surface area contributed by atoms with E-state index in [4.69, 9.17) is 22.1 Å². The van der Waals surface area contributed by atoms with Gasteiger partial charge in [-0.1, -0.05) is 23.7 Å². The van der Waals surface area contributed by atoms with E-state index in [0.29, 0.717) is 10.6 Å². The van der Waals surface area contributed by atoms with E-state index >= 15 is 0 Å². The molecule has 1 aliphatic heterocycles. The van der Waals surface area contributed by atoms with Crippen LogP contribution in [0.25, 0.3) is 0 Å². The van der Waals surface area contributed by atoms with Crippen molar-refractivity contribution in [3.63, 3.8) is 0 Å². The third kappa shape index (κ3) is 2.16. The first-order chi connectivity index (χ1) is 10.5. The summed E-state index contributed by atoms with van der Waals surface area (Å²) in [6, 6.07) is 8.64. The number of ether oxygens (including phenoxy) is 1. The second-order valence-electron chi connectivity index (χ2n) is 4.63. The van der Waals surface area contributed by atoms with Gasteiger partial charge < -0.3 is 10.5 Å². The number of fused-ring (bicyclic) bond motifs is 1. The Kier molecular flexibility index (Phi) is 3.23. The molecule has 4 N–H and O–H groups in total. The SMILES string of the molecule is N#CC1=C(N)Oc2[nH]c(=O)[nH]c(=O)c2[C@H]1c1cccc(Cl)c1. The topological polar surface area (TPSA) is 125 Å². The molecule has 3 rings (SSSR count). The molecule has 0 fully saturated rings. The summed E-state index contributed by atoms with van der Waals surface area (Å²) < 4.78 is 5.21. The highest BCUT2D eigenvalue weighted by atomic mass is 35.5. The Morgan fingerprint density at radius 3 is 2.77 bits per heavy atom. The molecule has 0 saturated heterocycles. The van der Waals surface area contributed by atoms with Crippen molar-refractivity contribution in [3.8, 4) is 11.9 Å². The summed E-state index contributed by atoms with van der Waals surface area (Å²) in [5.74, 6) is -1.01. The van der Waals surface area contributed by atoms with Gasteiger partial charge in [-0.15, -0.1) is 0 Å². The van der Waals surface area contributed by atoms with Gasteiger partial charge in [-0.05, 0) is 17.7 Å². The van der Waals surface area contributed by atoms with Crippen LogP contribution in [0.5, 0.6) is 5.88 Å². The van der Waals surface area contributed by atoms with Crippen molar-refractivity contribution in [1.29, 1.82) is 5.26 Å². The number of hydrogen-bond acceptors (Lipinski definition) is 5. The lowest BCUT2D eigenvalue weighted by atomic mass is 9.85. The molecule has 110 valence electrons. The Morgan fingerprint density at radius 1 is 1.32 bits per heavy atom. The summed E-state index contributed by atoms with van der Waals surface area (Å²) in [5.41, 5.74) is 5.14. The lowest BCUT2D eigenvalue weighted by Gasteiger charge is -2.24. The molecule has 0 radical (unpaired) electrons. The predicted octanol–water partition coefficient (Wildman–Crippen LogP) is 0.935. The summed E-state index contributed by atoms with van der Waals surface area (Å²) in [6.45, 7) is 0. The normalized spacial score (nSPS) is 16.6. The number of nitrogens with two attached hydrogens (primary N) is 1. The number of halogens is 1. The molecular formula is C14H9ClN4O3. The fourth-order valence-corrected chi connectivity index (χ4v) is 2.61. The number of rotatable bonds is 1. The van der Waals surface area contributed by atoms with E-state index in [9.17, 15) is 14.9 Å². The molecule has 8 heteroatoms. The highest BCUT2D eigenvalue weighted by Gasteiger charge is 2.34. The molecule has 2 heterocycles. The number of benzene rings is 1. The van der Waals surface area contributed by atoms with Crippen molar-refractivity contribution in [2.24, 2.45) is 5.73 Å². The van der Waals surface area contributed by atoms with Gasteiger partial charge >= 0.3 is 5.69 Å². The molecule has 1 aromatic carbocycles. The molecule has 0 aliphatic carbocycles. The Hall–Kier alpha value is -2.98. The number of nitrogens with one attached hydrogen (secondary N) is 2. The molecule has 0 amide bonds. The molecule has 1 aromatic heterocycles. The van der Waals surface area contributed by atoms with Gasteiger partial charge in [0.1, 0.15) is 11.6 Å². The van der Waals surface area contributed by atoms with E-state index in [0.717, 1.165) is 0 Å². The zero-order chi connectivity index (χ0) is 15.9. The van der Waals surface area contributed by atoms with Crippen molar-refractivity contribution in [1.82, 2.24) is 9.97 Å². The van der Waals surface area contributed by atoms with Crippen LogP contribution < -0.4 is 21.7 Å². The Bertz CT molecular complexity index is 952. The van der Waals surface area contributed by atoms with Crippen LogP contribution in [0, 0.1) is 11.3 Å². The molecule has 7 nitrogen and oxygen atoms in total. The first-order valence-corrected chi connectivity index (χ1v) is 6.58. The second-order valence-corrected chi connectivity index (χ2v) is 5.07. The van der Waals surface area contributed by atoms with Crippen LogP contribution in [0.2, 0.25) is 5.02 Å². The molecule has 22 heavy (non-hydrogen) atoms. The van der Waals surface area contributed by atoms with Crippen molar-refractivity contribution >= 4 is 11.6 Å². The fourth-order valence-electron chi connectivity index (χ4n) is 2.41. The summed E-state index contributed by atoms with van der Waals surface area (Å²) in [6.07, 6.45) is 0. The molecule has 2 aromatic rings. The standard InChI is InChI=1S/C14H9ClN4O3/c15-7-3-1-2-6(4-7)9-8(5-16)11(17)22-13-10(9)12(20)18-14(21)19-13/h1-4,9H,17H2,(H2,18,19,20,21)/t9-/m0/s1. The average Bonchev–Trinajstić information content (AvgIpc) is 2.45. The minimum absolute atomic E-state index is 0.0739. The van der Waals surface area contributed by atoms with E-state index in [2.05, 4.69) is 9.97 Å². The van der Waals surface area contributed by atoms with Gasteiger partial charge in [0.05, 0.1) is 11.5 Å². The van der Waals surface area contributed by atoms with E-state index in [1.165, 1.54) is 0 Å².